The fourth-order valence-electron chi connectivity index (χ4n) is 3.19. The second-order valence-corrected chi connectivity index (χ2v) is 7.26. The first-order chi connectivity index (χ1) is 14.7. The summed E-state index contributed by atoms with van der Waals surface area (Å²) in [5, 5.41) is 4.90. The number of fused-ring (bicyclic) bond motifs is 1. The number of nitrogens with one attached hydrogen (secondary N) is 2. The molecule has 4 aromatic rings. The minimum atomic E-state index is 0.669. The number of aliphatic imine (C=N–C) groups is 1. The number of anilines is 2. The van der Waals surface area contributed by atoms with Gasteiger partial charge in [-0.3, -0.25) is 0 Å². The van der Waals surface area contributed by atoms with Crippen LogP contribution in [-0.4, -0.2) is 39.3 Å². The number of H-pyrrole nitrogens is 1. The van der Waals surface area contributed by atoms with Gasteiger partial charge in [-0.1, -0.05) is 29.8 Å². The molecule has 2 aromatic carbocycles. The third kappa shape index (κ3) is 4.44. The Morgan fingerprint density at radius 2 is 1.90 bits per heavy atom. The topological polar surface area (TPSA) is 69.2 Å². The summed E-state index contributed by atoms with van der Waals surface area (Å²) in [6.07, 6.45) is 3.43. The van der Waals surface area contributed by atoms with E-state index < -0.39 is 0 Å². The molecule has 6 nitrogen and oxygen atoms in total. The quantitative estimate of drug-likeness (QED) is 0.284. The number of aromatic nitrogens is 3. The fraction of sp³-hybridized carbons (Fsp3) is 0.174. The van der Waals surface area contributed by atoms with E-state index in [-0.39, 0.29) is 0 Å². The van der Waals surface area contributed by atoms with Gasteiger partial charge in [-0.05, 0) is 50.2 Å². The fourth-order valence-corrected chi connectivity index (χ4v) is 3.38. The van der Waals surface area contributed by atoms with Gasteiger partial charge in [0.2, 0.25) is 0 Å². The molecular formula is C23H23ClN6. The van der Waals surface area contributed by atoms with Crippen LogP contribution in [0.4, 0.5) is 17.2 Å². The number of rotatable bonds is 7. The number of hydrogen-bond donors (Lipinski definition) is 2. The lowest BCUT2D eigenvalue weighted by Crippen LogP contribution is -2.20. The molecule has 7 heteroatoms. The zero-order valence-electron chi connectivity index (χ0n) is 16.9. The van der Waals surface area contributed by atoms with Gasteiger partial charge in [-0.15, -0.1) is 0 Å². The van der Waals surface area contributed by atoms with Gasteiger partial charge in [-0.2, -0.15) is 0 Å². The first kappa shape index (κ1) is 19.9. The van der Waals surface area contributed by atoms with E-state index in [0.29, 0.717) is 5.02 Å². The van der Waals surface area contributed by atoms with Gasteiger partial charge in [0.15, 0.2) is 0 Å². The van der Waals surface area contributed by atoms with Crippen LogP contribution >= 0.6 is 11.6 Å². The molecule has 0 saturated heterocycles. The van der Waals surface area contributed by atoms with Crippen LogP contribution in [0.3, 0.4) is 0 Å². The summed E-state index contributed by atoms with van der Waals surface area (Å²) < 4.78 is 0. The Labute approximate surface area is 180 Å². The largest absolute Gasteiger partial charge is 0.363 e. The highest BCUT2D eigenvalue weighted by Gasteiger charge is 2.10. The minimum Gasteiger partial charge on any atom is -0.363 e. The number of benzene rings is 2. The Hall–Kier alpha value is -3.38. The van der Waals surface area contributed by atoms with E-state index in [1.165, 1.54) is 0 Å². The molecule has 0 unspecified atom stereocenters. The maximum absolute atomic E-state index is 6.10. The van der Waals surface area contributed by atoms with Crippen molar-refractivity contribution in [1.82, 2.24) is 19.9 Å². The van der Waals surface area contributed by atoms with E-state index >= 15 is 0 Å². The third-order valence-electron chi connectivity index (χ3n) is 4.85. The SMILES string of the molecule is CCN(C=Nc1cccc(-c2cc3c(Nc4cccc(Cl)c4)ncnc3[nH]2)c1)CC. The molecule has 4 rings (SSSR count). The lowest BCUT2D eigenvalue weighted by molar-refractivity contribution is 0.480. The van der Waals surface area contributed by atoms with E-state index in [2.05, 4.69) is 62.2 Å². The molecule has 0 atom stereocenters. The molecule has 2 N–H and O–H groups in total. The Morgan fingerprint density at radius 3 is 2.70 bits per heavy atom. The number of nitrogens with zero attached hydrogens (tertiary/aromatic N) is 4. The van der Waals surface area contributed by atoms with Crippen molar-refractivity contribution in [3.05, 3.63) is 65.9 Å². The van der Waals surface area contributed by atoms with Gasteiger partial charge < -0.3 is 15.2 Å². The molecule has 0 aliphatic rings. The molecule has 0 radical (unpaired) electrons. The number of aromatic amines is 1. The van der Waals surface area contributed by atoms with Crippen molar-refractivity contribution < 1.29 is 0 Å². The van der Waals surface area contributed by atoms with Crippen molar-refractivity contribution in [2.45, 2.75) is 13.8 Å². The summed E-state index contributed by atoms with van der Waals surface area (Å²) in [6, 6.07) is 17.7. The van der Waals surface area contributed by atoms with Gasteiger partial charge in [-0.25, -0.2) is 15.0 Å². The van der Waals surface area contributed by atoms with Gasteiger partial charge in [0.25, 0.3) is 0 Å². The summed E-state index contributed by atoms with van der Waals surface area (Å²) in [6.45, 7) is 6.10. The van der Waals surface area contributed by atoms with Crippen LogP contribution in [0, 0.1) is 0 Å². The van der Waals surface area contributed by atoms with Crippen molar-refractivity contribution in [3.8, 4) is 11.3 Å². The highest BCUT2D eigenvalue weighted by Crippen LogP contribution is 2.30. The smallest absolute Gasteiger partial charge is 0.143 e. The maximum atomic E-state index is 6.10. The Balaban J connectivity index is 1.65. The third-order valence-corrected chi connectivity index (χ3v) is 5.09. The molecular weight excluding hydrogens is 396 g/mol. The van der Waals surface area contributed by atoms with E-state index in [1.54, 1.807) is 6.33 Å². The van der Waals surface area contributed by atoms with Crippen molar-refractivity contribution in [1.29, 1.82) is 0 Å². The van der Waals surface area contributed by atoms with Crippen LogP contribution in [-0.2, 0) is 0 Å². The van der Waals surface area contributed by atoms with Crippen molar-refractivity contribution in [2.24, 2.45) is 4.99 Å². The monoisotopic (exact) mass is 418 g/mol. The summed E-state index contributed by atoms with van der Waals surface area (Å²) in [5.41, 5.74) is 4.54. The molecule has 0 amide bonds. The van der Waals surface area contributed by atoms with Crippen LogP contribution in [0.5, 0.6) is 0 Å². The van der Waals surface area contributed by atoms with Crippen LogP contribution in [0.15, 0.2) is 65.9 Å². The first-order valence-corrected chi connectivity index (χ1v) is 10.3. The molecule has 0 spiro atoms. The Kier molecular flexibility index (Phi) is 5.95. The van der Waals surface area contributed by atoms with E-state index in [0.717, 1.165) is 52.6 Å². The predicted molar refractivity (Wildman–Crippen MR) is 125 cm³/mol. The second kappa shape index (κ2) is 8.97. The van der Waals surface area contributed by atoms with E-state index in [4.69, 9.17) is 11.6 Å². The summed E-state index contributed by atoms with van der Waals surface area (Å²) in [4.78, 5) is 18.9. The summed E-state index contributed by atoms with van der Waals surface area (Å²) >= 11 is 6.10. The van der Waals surface area contributed by atoms with Gasteiger partial charge >= 0.3 is 0 Å². The lowest BCUT2D eigenvalue weighted by Gasteiger charge is -2.13. The molecule has 0 saturated carbocycles. The summed E-state index contributed by atoms with van der Waals surface area (Å²) in [7, 11) is 0. The molecule has 30 heavy (non-hydrogen) atoms. The zero-order valence-corrected chi connectivity index (χ0v) is 17.7. The highest BCUT2D eigenvalue weighted by molar-refractivity contribution is 6.30. The predicted octanol–water partition coefficient (Wildman–Crippen LogP) is 6.02. The van der Waals surface area contributed by atoms with E-state index in [9.17, 15) is 0 Å². The molecule has 152 valence electrons. The number of hydrogen-bond acceptors (Lipinski definition) is 4. The normalized spacial score (nSPS) is 11.3. The lowest BCUT2D eigenvalue weighted by atomic mass is 10.1. The molecule has 2 heterocycles. The maximum Gasteiger partial charge on any atom is 0.143 e. The molecule has 0 bridgehead atoms. The van der Waals surface area contributed by atoms with Gasteiger partial charge in [0, 0.05) is 35.1 Å². The molecule has 0 aliphatic heterocycles. The molecule has 2 aromatic heterocycles. The van der Waals surface area contributed by atoms with Crippen LogP contribution in [0.2, 0.25) is 5.02 Å². The first-order valence-electron chi connectivity index (χ1n) is 9.91. The Bertz CT molecular complexity index is 1180. The molecule has 0 aliphatic carbocycles. The van der Waals surface area contributed by atoms with Gasteiger partial charge in [0.05, 0.1) is 17.4 Å². The average molecular weight is 419 g/mol. The minimum absolute atomic E-state index is 0.669. The van der Waals surface area contributed by atoms with Crippen LogP contribution in [0.25, 0.3) is 22.3 Å². The standard InChI is InChI=1S/C23H23ClN6/c1-3-30(4-2)15-27-18-9-5-7-16(11-18)21-13-20-22(25-14-26-23(20)29-21)28-19-10-6-8-17(24)12-19/h5-15H,3-4H2,1-2H3,(H2,25,26,28,29). The summed E-state index contributed by atoms with van der Waals surface area (Å²) in [5.74, 6) is 0.723. The molecule has 0 fully saturated rings. The van der Waals surface area contributed by atoms with Crippen molar-refractivity contribution in [2.75, 3.05) is 18.4 Å². The van der Waals surface area contributed by atoms with E-state index in [1.807, 2.05) is 42.7 Å². The highest BCUT2D eigenvalue weighted by atomic mass is 35.5. The zero-order chi connectivity index (χ0) is 20.9. The van der Waals surface area contributed by atoms with Crippen LogP contribution in [0.1, 0.15) is 13.8 Å². The Morgan fingerprint density at radius 1 is 1.07 bits per heavy atom. The van der Waals surface area contributed by atoms with Crippen LogP contribution < -0.4 is 5.32 Å². The number of halogens is 1. The van der Waals surface area contributed by atoms with Gasteiger partial charge in [0.1, 0.15) is 17.8 Å². The average Bonchev–Trinajstić information content (AvgIpc) is 3.20. The van der Waals surface area contributed by atoms with Crippen molar-refractivity contribution >= 4 is 46.2 Å². The second-order valence-electron chi connectivity index (χ2n) is 6.82. The van der Waals surface area contributed by atoms with Crippen molar-refractivity contribution in [3.63, 3.8) is 0 Å².